The molecular formula is C23H37FO. The second kappa shape index (κ2) is 11.4. The van der Waals surface area contributed by atoms with Crippen LogP contribution in [0.25, 0.3) is 0 Å². The van der Waals surface area contributed by atoms with Gasteiger partial charge in [-0.2, -0.15) is 0 Å². The van der Waals surface area contributed by atoms with E-state index in [9.17, 15) is 9.18 Å². The lowest BCUT2D eigenvalue weighted by Crippen LogP contribution is -2.15. The fourth-order valence-electron chi connectivity index (χ4n) is 3.85. The van der Waals surface area contributed by atoms with E-state index in [0.717, 1.165) is 38.5 Å². The molecule has 0 amide bonds. The second-order valence-corrected chi connectivity index (χ2v) is 7.34. The lowest BCUT2D eigenvalue weighted by Gasteiger charge is -2.17. The number of alkyl halides is 1. The summed E-state index contributed by atoms with van der Waals surface area (Å²) in [5.41, 5.74) is 1.68. The zero-order valence-corrected chi connectivity index (χ0v) is 16.7. The summed E-state index contributed by atoms with van der Waals surface area (Å²) < 4.78 is 13.8. The average Bonchev–Trinajstić information content (AvgIpc) is 3.33. The van der Waals surface area contributed by atoms with Crippen LogP contribution in [0.3, 0.4) is 0 Å². The Labute approximate surface area is 154 Å². The zero-order valence-electron chi connectivity index (χ0n) is 16.7. The van der Waals surface area contributed by atoms with Gasteiger partial charge in [-0.1, -0.05) is 64.0 Å². The summed E-state index contributed by atoms with van der Waals surface area (Å²) in [6, 6.07) is 0. The van der Waals surface area contributed by atoms with Gasteiger partial charge in [0.15, 0.2) is 12.0 Å². The van der Waals surface area contributed by atoms with Crippen LogP contribution in [0.4, 0.5) is 4.39 Å². The van der Waals surface area contributed by atoms with Crippen LogP contribution in [0.2, 0.25) is 0 Å². The lowest BCUT2D eigenvalue weighted by molar-refractivity contribution is -0.124. The first-order valence-corrected chi connectivity index (χ1v) is 10.2. The Morgan fingerprint density at radius 1 is 1.28 bits per heavy atom. The molecule has 0 aromatic heterocycles. The van der Waals surface area contributed by atoms with Crippen molar-refractivity contribution in [3.05, 3.63) is 36.0 Å². The lowest BCUT2D eigenvalue weighted by atomic mass is 9.87. The Balaban J connectivity index is 2.54. The quantitative estimate of drug-likeness (QED) is 0.323. The van der Waals surface area contributed by atoms with Crippen molar-refractivity contribution in [1.82, 2.24) is 0 Å². The summed E-state index contributed by atoms with van der Waals surface area (Å²) >= 11 is 0. The second-order valence-electron chi connectivity index (χ2n) is 7.34. The number of halogens is 1. The van der Waals surface area contributed by atoms with Crippen LogP contribution in [-0.4, -0.2) is 12.0 Å². The summed E-state index contributed by atoms with van der Waals surface area (Å²) in [6.45, 7) is 8.49. The van der Waals surface area contributed by atoms with Gasteiger partial charge in [0.05, 0.1) is 0 Å². The first kappa shape index (κ1) is 21.9. The summed E-state index contributed by atoms with van der Waals surface area (Å²) in [6.07, 6.45) is 17.5. The van der Waals surface area contributed by atoms with Gasteiger partial charge in [-0.15, -0.1) is 0 Å². The molecule has 25 heavy (non-hydrogen) atoms. The van der Waals surface area contributed by atoms with Crippen molar-refractivity contribution < 1.29 is 9.18 Å². The van der Waals surface area contributed by atoms with Gasteiger partial charge >= 0.3 is 0 Å². The van der Waals surface area contributed by atoms with Crippen molar-refractivity contribution in [2.45, 2.75) is 91.7 Å². The first-order chi connectivity index (χ1) is 12.1. The minimum absolute atomic E-state index is 0.189. The summed E-state index contributed by atoms with van der Waals surface area (Å²) in [4.78, 5) is 11.9. The van der Waals surface area contributed by atoms with E-state index in [1.165, 1.54) is 12.0 Å². The molecule has 1 rings (SSSR count). The van der Waals surface area contributed by atoms with Gasteiger partial charge in [0.1, 0.15) is 0 Å². The number of Topliss-reactive ketones (excluding diaryl/α,β-unsaturated/α-hetero) is 1. The maximum absolute atomic E-state index is 13.8. The van der Waals surface area contributed by atoms with Crippen molar-refractivity contribution in [2.75, 3.05) is 0 Å². The van der Waals surface area contributed by atoms with Crippen LogP contribution in [0.5, 0.6) is 0 Å². The van der Waals surface area contributed by atoms with E-state index in [0.29, 0.717) is 18.8 Å². The van der Waals surface area contributed by atoms with Crippen LogP contribution in [0.1, 0.15) is 85.5 Å². The van der Waals surface area contributed by atoms with Gasteiger partial charge in [-0.3, -0.25) is 4.79 Å². The number of unbranched alkanes of at least 4 members (excludes halogenated alkanes) is 1. The van der Waals surface area contributed by atoms with Gasteiger partial charge in [-0.25, -0.2) is 4.39 Å². The highest BCUT2D eigenvalue weighted by atomic mass is 19.1. The molecule has 3 atom stereocenters. The normalized spacial score (nSPS) is 25.0. The Kier molecular flexibility index (Phi) is 10.0. The molecule has 1 saturated carbocycles. The first-order valence-electron chi connectivity index (χ1n) is 10.2. The third-order valence-electron chi connectivity index (χ3n) is 5.57. The maximum atomic E-state index is 13.8. The van der Waals surface area contributed by atoms with Crippen molar-refractivity contribution in [2.24, 2.45) is 11.3 Å². The van der Waals surface area contributed by atoms with Crippen LogP contribution in [-0.2, 0) is 4.79 Å². The van der Waals surface area contributed by atoms with E-state index in [4.69, 9.17) is 0 Å². The Morgan fingerprint density at radius 2 is 2.04 bits per heavy atom. The van der Waals surface area contributed by atoms with Gasteiger partial charge in [0, 0.05) is 6.42 Å². The number of hydrogen-bond acceptors (Lipinski definition) is 1. The van der Waals surface area contributed by atoms with Crippen LogP contribution in [0.15, 0.2) is 36.0 Å². The fourth-order valence-corrected chi connectivity index (χ4v) is 3.85. The zero-order chi connectivity index (χ0) is 18.7. The SMILES string of the molecule is C\C=C/C(=C\C=C\CC)C1(CC)CC1CCCC(=O)C(F)CCCC. The Bertz CT molecular complexity index is 488. The number of carbonyl (C=O) groups is 1. The molecule has 0 radical (unpaired) electrons. The number of rotatable bonds is 13. The van der Waals surface area contributed by atoms with E-state index in [-0.39, 0.29) is 11.2 Å². The molecule has 1 nitrogen and oxygen atoms in total. The molecule has 0 aromatic carbocycles. The number of allylic oxidation sites excluding steroid dienone is 6. The molecule has 0 aromatic rings. The predicted molar refractivity (Wildman–Crippen MR) is 106 cm³/mol. The van der Waals surface area contributed by atoms with Crippen molar-refractivity contribution >= 4 is 5.78 Å². The molecule has 142 valence electrons. The molecule has 3 unspecified atom stereocenters. The predicted octanol–water partition coefficient (Wildman–Crippen LogP) is 7.14. The number of carbonyl (C=O) groups excluding carboxylic acids is 1. The molecule has 2 heteroatoms. The van der Waals surface area contributed by atoms with E-state index in [1.807, 2.05) is 6.92 Å². The fraction of sp³-hybridized carbons (Fsp3) is 0.696. The number of hydrogen-bond donors (Lipinski definition) is 0. The largest absolute Gasteiger partial charge is 0.296 e. The van der Waals surface area contributed by atoms with Crippen molar-refractivity contribution in [1.29, 1.82) is 0 Å². The Morgan fingerprint density at radius 3 is 2.64 bits per heavy atom. The molecule has 0 aliphatic heterocycles. The summed E-state index contributed by atoms with van der Waals surface area (Å²) in [7, 11) is 0. The smallest absolute Gasteiger partial charge is 0.166 e. The highest BCUT2D eigenvalue weighted by Gasteiger charge is 2.53. The molecule has 1 fully saturated rings. The Hall–Kier alpha value is -1.18. The minimum atomic E-state index is -1.24. The summed E-state index contributed by atoms with van der Waals surface area (Å²) in [5.74, 6) is 0.447. The van der Waals surface area contributed by atoms with Crippen molar-refractivity contribution in [3.8, 4) is 0 Å². The molecule has 0 bridgehead atoms. The number of ketones is 1. The standard InChI is InChI=1S/C23H37FO/c1-5-9-11-14-19(13-7-3)23(8-4)18-20(23)15-12-17-22(25)21(24)16-10-6-2/h7,9,11,13-14,20-21H,5-6,8,10,12,15-18H2,1-4H3/b11-9+,13-7-,19-14+. The third kappa shape index (κ3) is 6.56. The third-order valence-corrected chi connectivity index (χ3v) is 5.57. The van der Waals surface area contributed by atoms with Crippen LogP contribution in [0, 0.1) is 11.3 Å². The molecular weight excluding hydrogens is 311 g/mol. The van der Waals surface area contributed by atoms with Crippen molar-refractivity contribution in [3.63, 3.8) is 0 Å². The summed E-state index contributed by atoms with van der Waals surface area (Å²) in [5, 5.41) is 0. The van der Waals surface area contributed by atoms with E-state index >= 15 is 0 Å². The molecule has 0 saturated heterocycles. The van der Waals surface area contributed by atoms with Crippen LogP contribution < -0.4 is 0 Å². The highest BCUT2D eigenvalue weighted by Crippen LogP contribution is 2.62. The monoisotopic (exact) mass is 348 g/mol. The van der Waals surface area contributed by atoms with E-state index in [1.54, 1.807) is 0 Å². The van der Waals surface area contributed by atoms with Gasteiger partial charge in [0.2, 0.25) is 0 Å². The topological polar surface area (TPSA) is 17.1 Å². The molecule has 0 N–H and O–H groups in total. The van der Waals surface area contributed by atoms with Gasteiger partial charge < -0.3 is 0 Å². The molecule has 0 heterocycles. The highest BCUT2D eigenvalue weighted by molar-refractivity contribution is 5.82. The molecule has 0 spiro atoms. The maximum Gasteiger partial charge on any atom is 0.166 e. The van der Waals surface area contributed by atoms with E-state index < -0.39 is 6.17 Å². The van der Waals surface area contributed by atoms with E-state index in [2.05, 4.69) is 51.2 Å². The van der Waals surface area contributed by atoms with Gasteiger partial charge in [-0.05, 0) is 62.4 Å². The molecule has 1 aliphatic carbocycles. The van der Waals surface area contributed by atoms with Gasteiger partial charge in [0.25, 0.3) is 0 Å². The molecule has 1 aliphatic rings. The average molecular weight is 349 g/mol. The minimum Gasteiger partial charge on any atom is -0.296 e. The van der Waals surface area contributed by atoms with Crippen LogP contribution >= 0.6 is 0 Å².